The number of rotatable bonds is 2. The zero-order valence-electron chi connectivity index (χ0n) is 13.8. The van der Waals surface area contributed by atoms with Crippen molar-refractivity contribution in [3.8, 4) is 5.75 Å². The van der Waals surface area contributed by atoms with Crippen LogP contribution in [0.5, 0.6) is 5.75 Å². The third kappa shape index (κ3) is 4.25. The Bertz CT molecular complexity index is 814. The van der Waals surface area contributed by atoms with Gasteiger partial charge in [-0.1, -0.05) is 0 Å². The number of benzene rings is 2. The van der Waals surface area contributed by atoms with Crippen LogP contribution < -0.4 is 15.8 Å². The second-order valence-electron chi connectivity index (χ2n) is 6.51. The number of hydrogen-bond donors (Lipinski definition) is 2. The van der Waals surface area contributed by atoms with E-state index in [0.717, 1.165) is 5.56 Å². The van der Waals surface area contributed by atoms with E-state index < -0.39 is 11.4 Å². The molecule has 0 radical (unpaired) electrons. The van der Waals surface area contributed by atoms with Crippen LogP contribution in [0.1, 0.15) is 42.2 Å². The number of halogens is 3. The van der Waals surface area contributed by atoms with Gasteiger partial charge in [-0.3, -0.25) is 4.79 Å². The molecule has 3 rings (SSSR count). The molecule has 134 valence electrons. The van der Waals surface area contributed by atoms with Crippen molar-refractivity contribution in [2.24, 2.45) is 0 Å². The Morgan fingerprint density at radius 3 is 2.72 bits per heavy atom. The molecule has 25 heavy (non-hydrogen) atoms. The molecule has 0 aromatic heterocycles. The van der Waals surface area contributed by atoms with Crippen molar-refractivity contribution >= 4 is 39.9 Å². The van der Waals surface area contributed by atoms with E-state index >= 15 is 0 Å². The molecule has 1 aliphatic heterocycles. The maximum Gasteiger partial charge on any atom is 0.252 e. The lowest BCUT2D eigenvalue weighted by Crippen LogP contribution is -2.41. The van der Waals surface area contributed by atoms with Gasteiger partial charge < -0.3 is 15.8 Å². The van der Waals surface area contributed by atoms with Crippen molar-refractivity contribution in [1.29, 1.82) is 0 Å². The van der Waals surface area contributed by atoms with Crippen LogP contribution in [0.2, 0.25) is 0 Å². The van der Waals surface area contributed by atoms with Gasteiger partial charge in [0.15, 0.2) is 0 Å². The molecule has 1 amide bonds. The molecule has 3 N–H and O–H groups in total. The maximum absolute atomic E-state index is 13.2. The topological polar surface area (TPSA) is 64.4 Å². The Balaban J connectivity index is 0.00000225. The number of amides is 1. The van der Waals surface area contributed by atoms with Gasteiger partial charge >= 0.3 is 0 Å². The van der Waals surface area contributed by atoms with E-state index in [1.54, 1.807) is 6.07 Å². The summed E-state index contributed by atoms with van der Waals surface area (Å²) < 4.78 is 19.6. The average Bonchev–Trinajstić information content (AvgIpc) is 2.47. The molecular weight excluding hydrogens is 411 g/mol. The molecule has 2 aromatic rings. The van der Waals surface area contributed by atoms with Gasteiger partial charge in [-0.15, -0.1) is 12.4 Å². The van der Waals surface area contributed by atoms with E-state index in [-0.39, 0.29) is 24.4 Å². The summed E-state index contributed by atoms with van der Waals surface area (Å²) in [7, 11) is 0. The van der Waals surface area contributed by atoms with Crippen LogP contribution in [0.4, 0.5) is 10.1 Å². The first-order chi connectivity index (χ1) is 11.2. The highest BCUT2D eigenvalue weighted by molar-refractivity contribution is 9.10. The largest absolute Gasteiger partial charge is 0.487 e. The maximum atomic E-state index is 13.2. The van der Waals surface area contributed by atoms with Crippen LogP contribution in [0.15, 0.2) is 40.9 Å². The highest BCUT2D eigenvalue weighted by Gasteiger charge is 2.35. The number of nitrogens with one attached hydrogen (secondary N) is 1. The molecule has 2 aromatic carbocycles. The molecule has 0 spiro atoms. The number of hydrogen-bond acceptors (Lipinski definition) is 3. The van der Waals surface area contributed by atoms with E-state index in [2.05, 4.69) is 21.2 Å². The Morgan fingerprint density at radius 2 is 2.04 bits per heavy atom. The van der Waals surface area contributed by atoms with E-state index in [9.17, 15) is 9.18 Å². The molecular formula is C18H19BrClFN2O2. The van der Waals surface area contributed by atoms with E-state index in [1.165, 1.54) is 18.2 Å². The predicted molar refractivity (Wildman–Crippen MR) is 102 cm³/mol. The number of carbonyl (C=O) groups excluding carboxylic acids is 1. The summed E-state index contributed by atoms with van der Waals surface area (Å²) >= 11 is 3.23. The highest BCUT2D eigenvalue weighted by Crippen LogP contribution is 2.40. The minimum Gasteiger partial charge on any atom is -0.487 e. The predicted octanol–water partition coefficient (Wildman–Crippen LogP) is 4.62. The van der Waals surface area contributed by atoms with Crippen LogP contribution in [0, 0.1) is 5.82 Å². The van der Waals surface area contributed by atoms with Crippen molar-refractivity contribution < 1.29 is 13.9 Å². The van der Waals surface area contributed by atoms with Gasteiger partial charge in [0.25, 0.3) is 5.91 Å². The van der Waals surface area contributed by atoms with Gasteiger partial charge in [-0.25, -0.2) is 4.39 Å². The van der Waals surface area contributed by atoms with Gasteiger partial charge in [0.1, 0.15) is 17.2 Å². The van der Waals surface area contributed by atoms with E-state index in [4.69, 9.17) is 10.5 Å². The molecule has 0 bridgehead atoms. The van der Waals surface area contributed by atoms with Crippen LogP contribution >= 0.6 is 28.3 Å². The van der Waals surface area contributed by atoms with Crippen LogP contribution in [-0.2, 0) is 0 Å². The highest BCUT2D eigenvalue weighted by atomic mass is 79.9. The Morgan fingerprint density at radius 1 is 1.32 bits per heavy atom. The number of nitrogens with two attached hydrogens (primary N) is 1. The van der Waals surface area contributed by atoms with Crippen LogP contribution in [-0.4, -0.2) is 11.5 Å². The molecule has 4 nitrogen and oxygen atoms in total. The lowest BCUT2D eigenvalue weighted by Gasteiger charge is -2.38. The Hall–Kier alpha value is -1.79. The molecule has 0 saturated carbocycles. The molecule has 1 atom stereocenters. The fraction of sp³-hybridized carbons (Fsp3) is 0.278. The first kappa shape index (κ1) is 19.5. The van der Waals surface area contributed by atoms with Crippen molar-refractivity contribution in [2.45, 2.75) is 31.9 Å². The summed E-state index contributed by atoms with van der Waals surface area (Å²) in [6.45, 7) is 3.94. The zero-order valence-corrected chi connectivity index (χ0v) is 16.2. The first-order valence-corrected chi connectivity index (χ1v) is 8.39. The van der Waals surface area contributed by atoms with E-state index in [0.29, 0.717) is 27.9 Å². The molecule has 0 aliphatic carbocycles. The van der Waals surface area contributed by atoms with Gasteiger partial charge in [0.2, 0.25) is 0 Å². The average molecular weight is 430 g/mol. The van der Waals surface area contributed by atoms with Crippen molar-refractivity contribution in [2.75, 3.05) is 5.73 Å². The summed E-state index contributed by atoms with van der Waals surface area (Å²) in [5.74, 6) is 0.0330. The number of fused-ring (bicyclic) bond motifs is 1. The molecule has 1 unspecified atom stereocenters. The van der Waals surface area contributed by atoms with Gasteiger partial charge in [-0.2, -0.15) is 0 Å². The number of ether oxygens (including phenoxy) is 1. The van der Waals surface area contributed by atoms with Gasteiger partial charge in [-0.05, 0) is 66.2 Å². The van der Waals surface area contributed by atoms with Crippen LogP contribution in [0.25, 0.3) is 0 Å². The minimum atomic E-state index is -0.416. The lowest BCUT2D eigenvalue weighted by atomic mass is 9.89. The monoisotopic (exact) mass is 428 g/mol. The van der Waals surface area contributed by atoms with Crippen LogP contribution in [0.3, 0.4) is 0 Å². The Labute approximate surface area is 160 Å². The fourth-order valence-corrected chi connectivity index (χ4v) is 3.44. The fourth-order valence-electron chi connectivity index (χ4n) is 2.91. The summed E-state index contributed by atoms with van der Waals surface area (Å²) in [5, 5.41) is 3.01. The normalized spacial score (nSPS) is 17.7. The minimum absolute atomic E-state index is 0. The van der Waals surface area contributed by atoms with Gasteiger partial charge in [0.05, 0.1) is 11.6 Å². The second-order valence-corrected chi connectivity index (χ2v) is 7.37. The lowest BCUT2D eigenvalue weighted by molar-refractivity contribution is 0.0620. The molecule has 1 heterocycles. The van der Waals surface area contributed by atoms with Gasteiger partial charge in [0, 0.05) is 22.1 Å². The third-order valence-electron chi connectivity index (χ3n) is 3.97. The van der Waals surface area contributed by atoms with E-state index in [1.807, 2.05) is 26.0 Å². The standard InChI is InChI=1S/C18H18BrFN2O2.ClH/c1-18(2)9-15(13-8-11(21)4-6-16(13)24-18)22-17(23)12-5-3-10(20)7-14(12)19;/h3-8,15H,9,21H2,1-2H3,(H,22,23);1H. The van der Waals surface area contributed by atoms with Crippen molar-refractivity contribution in [3.63, 3.8) is 0 Å². The molecule has 0 fully saturated rings. The quantitative estimate of drug-likeness (QED) is 0.684. The SMILES string of the molecule is CC1(C)CC(NC(=O)c2ccc(F)cc2Br)c2cc(N)ccc2O1.Cl. The molecule has 7 heteroatoms. The number of carbonyl (C=O) groups is 1. The summed E-state index contributed by atoms with van der Waals surface area (Å²) in [5.41, 5.74) is 7.30. The smallest absolute Gasteiger partial charge is 0.252 e. The zero-order chi connectivity index (χ0) is 17.5. The first-order valence-electron chi connectivity index (χ1n) is 7.59. The summed E-state index contributed by atoms with van der Waals surface area (Å²) in [6, 6.07) is 9.16. The summed E-state index contributed by atoms with van der Waals surface area (Å²) in [6.07, 6.45) is 0.605. The number of anilines is 1. The third-order valence-corrected chi connectivity index (χ3v) is 4.63. The van der Waals surface area contributed by atoms with Crippen molar-refractivity contribution in [1.82, 2.24) is 5.32 Å². The summed E-state index contributed by atoms with van der Waals surface area (Å²) in [4.78, 5) is 12.6. The Kier molecular flexibility index (Phi) is 5.64. The molecule has 1 aliphatic rings. The second kappa shape index (κ2) is 7.22. The van der Waals surface area contributed by atoms with Crippen molar-refractivity contribution in [3.05, 3.63) is 57.8 Å². The number of nitrogen functional groups attached to an aromatic ring is 1. The molecule has 0 saturated heterocycles.